The van der Waals surface area contributed by atoms with E-state index in [2.05, 4.69) is 20.6 Å². The second kappa shape index (κ2) is 13.0. The number of anilines is 3. The molecule has 0 radical (unpaired) electrons. The van der Waals surface area contributed by atoms with Gasteiger partial charge in [-0.3, -0.25) is 4.79 Å². The molecule has 0 saturated carbocycles. The number of pyridine rings is 1. The highest BCUT2D eigenvalue weighted by molar-refractivity contribution is 6.39. The summed E-state index contributed by atoms with van der Waals surface area (Å²) in [5.74, 6) is -2.15. The maximum Gasteiger partial charge on any atom is 0.490 e. The Kier molecular flexibility index (Phi) is 9.97. The summed E-state index contributed by atoms with van der Waals surface area (Å²) >= 11 is 18.6. The third-order valence-electron chi connectivity index (χ3n) is 5.00. The van der Waals surface area contributed by atoms with E-state index in [1.165, 1.54) is 6.20 Å². The predicted molar refractivity (Wildman–Crippen MR) is 144 cm³/mol. The molecule has 0 aliphatic carbocycles. The summed E-state index contributed by atoms with van der Waals surface area (Å²) in [6.07, 6.45) is -2.81. The van der Waals surface area contributed by atoms with Crippen LogP contribution in [-0.4, -0.2) is 44.2 Å². The van der Waals surface area contributed by atoms with E-state index in [1.807, 2.05) is 10.6 Å². The van der Waals surface area contributed by atoms with Crippen LogP contribution in [0.25, 0.3) is 11.0 Å². The van der Waals surface area contributed by atoms with Crippen molar-refractivity contribution in [2.45, 2.75) is 19.1 Å². The van der Waals surface area contributed by atoms with E-state index < -0.39 is 12.1 Å². The molecule has 1 amide bonds. The Bertz CT molecular complexity index is 1480. The Morgan fingerprint density at radius 1 is 1.05 bits per heavy atom. The van der Waals surface area contributed by atoms with Crippen LogP contribution in [0.1, 0.15) is 16.8 Å². The molecule has 0 bridgehead atoms. The quantitative estimate of drug-likeness (QED) is 0.193. The average molecular weight is 604 g/mol. The number of carbonyl (C=O) groups excluding carboxylic acids is 1. The molecule has 0 unspecified atom stereocenters. The summed E-state index contributed by atoms with van der Waals surface area (Å²) in [6.45, 7) is 1.16. The van der Waals surface area contributed by atoms with Gasteiger partial charge in [0.05, 0.1) is 26.8 Å². The number of imidazole rings is 1. The molecule has 0 atom stereocenters. The Morgan fingerprint density at radius 2 is 1.72 bits per heavy atom. The van der Waals surface area contributed by atoms with Crippen molar-refractivity contribution in [2.24, 2.45) is 5.73 Å². The monoisotopic (exact) mass is 602 g/mol. The number of hydrogen-bond donors (Lipinski definition) is 4. The number of carboxylic acids is 1. The molecule has 0 fully saturated rings. The normalized spacial score (nSPS) is 11.1. The number of benzene rings is 2. The Hall–Kier alpha value is -3.58. The van der Waals surface area contributed by atoms with Gasteiger partial charge in [-0.2, -0.15) is 13.2 Å². The Morgan fingerprint density at radius 3 is 2.31 bits per heavy atom. The molecular weight excluding hydrogens is 584 g/mol. The zero-order chi connectivity index (χ0) is 28.7. The summed E-state index contributed by atoms with van der Waals surface area (Å²) in [7, 11) is 0. The molecule has 2 aromatic carbocycles. The highest BCUT2D eigenvalue weighted by Gasteiger charge is 2.38. The highest BCUT2D eigenvalue weighted by Crippen LogP contribution is 2.33. The summed E-state index contributed by atoms with van der Waals surface area (Å²) < 4.78 is 33.7. The largest absolute Gasteiger partial charge is 0.490 e. The van der Waals surface area contributed by atoms with Gasteiger partial charge in [0.1, 0.15) is 5.82 Å². The topological polar surface area (TPSA) is 135 Å². The number of fused-ring (bicyclic) bond motifs is 1. The molecule has 2 aromatic heterocycles. The molecule has 4 aromatic rings. The molecule has 4 rings (SSSR count). The number of aromatic nitrogens is 3. The van der Waals surface area contributed by atoms with Gasteiger partial charge in [0, 0.05) is 23.3 Å². The number of halogens is 6. The van der Waals surface area contributed by atoms with Crippen LogP contribution in [0, 0.1) is 0 Å². The van der Waals surface area contributed by atoms with Crippen LogP contribution in [0.4, 0.5) is 30.6 Å². The zero-order valence-electron chi connectivity index (χ0n) is 19.8. The van der Waals surface area contributed by atoms with Crippen LogP contribution < -0.4 is 16.4 Å². The lowest BCUT2D eigenvalue weighted by atomic mass is 10.2. The van der Waals surface area contributed by atoms with Crippen LogP contribution in [0.15, 0.2) is 54.7 Å². The van der Waals surface area contributed by atoms with Gasteiger partial charge < -0.3 is 26.0 Å². The number of rotatable bonds is 7. The highest BCUT2D eigenvalue weighted by atomic mass is 35.5. The number of nitrogens with zero attached hydrogens (tertiary/aromatic N) is 3. The molecule has 9 nitrogen and oxygen atoms in total. The summed E-state index contributed by atoms with van der Waals surface area (Å²) in [5, 5.41) is 14.5. The number of hydrogen-bond acceptors (Lipinski definition) is 6. The maximum atomic E-state index is 12.7. The Labute approximate surface area is 234 Å². The molecule has 5 N–H and O–H groups in total. The minimum atomic E-state index is -5.08. The Balaban J connectivity index is 0.000000532. The van der Waals surface area contributed by atoms with E-state index in [0.717, 1.165) is 11.9 Å². The van der Waals surface area contributed by atoms with E-state index in [-0.39, 0.29) is 5.91 Å². The standard InChI is InChI=1S/C22H19Cl3N6O.C2HF3O2/c23-14-7-9-27-19(12-14)29-21(32)13-5-6-18-17(11-13)28-22(31(18)10-2-8-26)30-20-15(24)3-1-4-16(20)25;3-2(4,5)1(6)7/h1,3-7,9,11-12H,2,8,10,26H2,(H,28,30)(H,27,29,32);(H,6,7). The molecule has 39 heavy (non-hydrogen) atoms. The summed E-state index contributed by atoms with van der Waals surface area (Å²) in [4.78, 5) is 30.4. The van der Waals surface area contributed by atoms with E-state index >= 15 is 0 Å². The van der Waals surface area contributed by atoms with Crippen molar-refractivity contribution in [3.05, 3.63) is 75.4 Å². The maximum absolute atomic E-state index is 12.7. The lowest BCUT2D eigenvalue weighted by Crippen LogP contribution is -2.21. The van der Waals surface area contributed by atoms with Gasteiger partial charge in [-0.05, 0) is 55.4 Å². The fourth-order valence-electron chi connectivity index (χ4n) is 3.23. The molecule has 15 heteroatoms. The molecular formula is C24H20Cl3F3N6O3. The van der Waals surface area contributed by atoms with Crippen LogP contribution in [-0.2, 0) is 11.3 Å². The number of carboxylic acid groups (broad SMARTS) is 1. The lowest BCUT2D eigenvalue weighted by molar-refractivity contribution is -0.192. The first-order valence-corrected chi connectivity index (χ1v) is 12.2. The minimum absolute atomic E-state index is 0.318. The van der Waals surface area contributed by atoms with Crippen molar-refractivity contribution in [2.75, 3.05) is 17.2 Å². The van der Waals surface area contributed by atoms with Crippen LogP contribution in [0.3, 0.4) is 0 Å². The van der Waals surface area contributed by atoms with Gasteiger partial charge in [0.15, 0.2) is 0 Å². The van der Waals surface area contributed by atoms with Gasteiger partial charge in [0.2, 0.25) is 5.95 Å². The number of nitrogens with one attached hydrogen (secondary N) is 2. The fourth-order valence-corrected chi connectivity index (χ4v) is 3.88. The van der Waals surface area contributed by atoms with E-state index in [9.17, 15) is 18.0 Å². The number of aliphatic carboxylic acids is 1. The van der Waals surface area contributed by atoms with E-state index in [1.54, 1.807) is 42.5 Å². The zero-order valence-corrected chi connectivity index (χ0v) is 22.0. The molecule has 0 aliphatic heterocycles. The average Bonchev–Trinajstić information content (AvgIpc) is 3.21. The number of amides is 1. The number of nitrogens with two attached hydrogens (primary N) is 1. The van der Waals surface area contributed by atoms with Gasteiger partial charge in [-0.25, -0.2) is 14.8 Å². The van der Waals surface area contributed by atoms with E-state index in [0.29, 0.717) is 56.7 Å². The van der Waals surface area contributed by atoms with Crippen molar-refractivity contribution in [3.63, 3.8) is 0 Å². The minimum Gasteiger partial charge on any atom is -0.475 e. The van der Waals surface area contributed by atoms with Crippen molar-refractivity contribution in [3.8, 4) is 0 Å². The molecule has 0 spiro atoms. The van der Waals surface area contributed by atoms with E-state index in [4.69, 9.17) is 50.4 Å². The second-order valence-corrected chi connectivity index (χ2v) is 9.02. The molecule has 0 saturated heterocycles. The van der Waals surface area contributed by atoms with Gasteiger partial charge in [-0.15, -0.1) is 0 Å². The van der Waals surface area contributed by atoms with Crippen LogP contribution in [0.5, 0.6) is 0 Å². The first-order valence-electron chi connectivity index (χ1n) is 11.0. The van der Waals surface area contributed by atoms with Crippen molar-refractivity contribution >= 4 is 75.2 Å². The van der Waals surface area contributed by atoms with Gasteiger partial charge >= 0.3 is 12.1 Å². The predicted octanol–water partition coefficient (Wildman–Crippen LogP) is 6.37. The SMILES string of the molecule is NCCCn1c(Nc2c(Cl)cccc2Cl)nc2cc(C(=O)Nc3cc(Cl)ccn3)ccc21.O=C(O)C(F)(F)F. The van der Waals surface area contributed by atoms with Crippen LogP contribution >= 0.6 is 34.8 Å². The first kappa shape index (κ1) is 30.0. The van der Waals surface area contributed by atoms with Gasteiger partial charge in [-0.1, -0.05) is 40.9 Å². The van der Waals surface area contributed by atoms with Crippen molar-refractivity contribution < 1.29 is 27.9 Å². The first-order chi connectivity index (χ1) is 18.4. The molecule has 2 heterocycles. The smallest absolute Gasteiger partial charge is 0.475 e. The molecule has 0 aliphatic rings. The van der Waals surface area contributed by atoms with Gasteiger partial charge in [0.25, 0.3) is 5.91 Å². The second-order valence-electron chi connectivity index (χ2n) is 7.77. The van der Waals surface area contributed by atoms with Crippen LogP contribution in [0.2, 0.25) is 15.1 Å². The molecule has 206 valence electrons. The third-order valence-corrected chi connectivity index (χ3v) is 5.87. The number of alkyl halides is 3. The third kappa shape index (κ3) is 7.96. The van der Waals surface area contributed by atoms with Crippen molar-refractivity contribution in [1.29, 1.82) is 0 Å². The lowest BCUT2D eigenvalue weighted by Gasteiger charge is -2.12. The number of carbonyl (C=O) groups is 2. The summed E-state index contributed by atoms with van der Waals surface area (Å²) in [5.41, 5.74) is 8.21. The summed E-state index contributed by atoms with van der Waals surface area (Å²) in [6, 6.07) is 13.8. The van der Waals surface area contributed by atoms with Crippen molar-refractivity contribution in [1.82, 2.24) is 14.5 Å². The number of para-hydroxylation sites is 1. The fraction of sp³-hybridized carbons (Fsp3) is 0.167. The number of aryl methyl sites for hydroxylation is 1.